The van der Waals surface area contributed by atoms with Crippen LogP contribution in [-0.4, -0.2) is 112 Å². The van der Waals surface area contributed by atoms with E-state index in [1.807, 2.05) is 0 Å². The highest BCUT2D eigenvalue weighted by Crippen LogP contribution is 2.21. The first-order valence-electron chi connectivity index (χ1n) is 9.82. The van der Waals surface area contributed by atoms with E-state index < -0.39 is 0 Å². The molecule has 0 amide bonds. The Morgan fingerprint density at radius 2 is 1.92 bits per heavy atom. The largest absolute Gasteiger partial charge is 0.375 e. The van der Waals surface area contributed by atoms with Gasteiger partial charge in [-0.2, -0.15) is 0 Å². The molecule has 3 heterocycles. The maximum absolute atomic E-state index is 5.98. The van der Waals surface area contributed by atoms with Crippen molar-refractivity contribution in [1.29, 1.82) is 0 Å². The molecule has 3 saturated heterocycles. The van der Waals surface area contributed by atoms with E-state index in [4.69, 9.17) is 14.5 Å². The minimum Gasteiger partial charge on any atom is -0.375 e. The number of likely N-dealkylation sites (N-methyl/N-ethyl adjacent to an activating group) is 2. The topological polar surface area (TPSA) is 52.6 Å². The second-order valence-corrected chi connectivity index (χ2v) is 7.50. The Morgan fingerprint density at radius 1 is 1.08 bits per heavy atom. The van der Waals surface area contributed by atoms with Crippen molar-refractivity contribution < 1.29 is 9.47 Å². The molecule has 3 rings (SSSR count). The molecule has 0 aromatic heterocycles. The van der Waals surface area contributed by atoms with Gasteiger partial charge in [-0.3, -0.25) is 9.89 Å². The molecular weight excluding hydrogens is 318 g/mol. The lowest BCUT2D eigenvalue weighted by Gasteiger charge is -2.39. The van der Waals surface area contributed by atoms with Crippen molar-refractivity contribution >= 4 is 5.96 Å². The van der Waals surface area contributed by atoms with Crippen LogP contribution in [0.25, 0.3) is 0 Å². The van der Waals surface area contributed by atoms with Gasteiger partial charge in [-0.05, 0) is 33.9 Å². The van der Waals surface area contributed by atoms with Gasteiger partial charge in [-0.15, -0.1) is 0 Å². The number of morpholine rings is 1. The molecular formula is C18H35N5O2. The quantitative estimate of drug-likeness (QED) is 0.571. The molecule has 3 fully saturated rings. The van der Waals surface area contributed by atoms with E-state index in [1.54, 1.807) is 0 Å². The number of nitrogens with one attached hydrogen (secondary N) is 1. The summed E-state index contributed by atoms with van der Waals surface area (Å²) < 4.78 is 11.8. The first-order chi connectivity index (χ1) is 12.2. The summed E-state index contributed by atoms with van der Waals surface area (Å²) in [5.74, 6) is 1.02. The van der Waals surface area contributed by atoms with E-state index in [2.05, 4.69) is 41.0 Å². The summed E-state index contributed by atoms with van der Waals surface area (Å²) in [7, 11) is 4.41. The normalized spacial score (nSPS) is 33.0. The summed E-state index contributed by atoms with van der Waals surface area (Å²) in [6.45, 7) is 10.6. The molecule has 0 saturated carbocycles. The van der Waals surface area contributed by atoms with E-state index in [0.29, 0.717) is 6.04 Å². The van der Waals surface area contributed by atoms with Gasteiger partial charge in [0.05, 0.1) is 19.3 Å². The van der Waals surface area contributed by atoms with Gasteiger partial charge < -0.3 is 24.6 Å². The van der Waals surface area contributed by atoms with Crippen LogP contribution in [0.5, 0.6) is 0 Å². The Kier molecular flexibility index (Phi) is 6.92. The fourth-order valence-electron chi connectivity index (χ4n) is 3.90. The number of piperazine rings is 1. The molecule has 0 aliphatic carbocycles. The summed E-state index contributed by atoms with van der Waals surface area (Å²) in [6.07, 6.45) is 2.69. The van der Waals surface area contributed by atoms with Gasteiger partial charge in [-0.25, -0.2) is 0 Å². The van der Waals surface area contributed by atoms with E-state index in [0.717, 1.165) is 77.8 Å². The summed E-state index contributed by atoms with van der Waals surface area (Å²) in [5.41, 5.74) is 0. The van der Waals surface area contributed by atoms with Crippen LogP contribution in [0.4, 0.5) is 0 Å². The number of guanidine groups is 1. The van der Waals surface area contributed by atoms with Gasteiger partial charge in [0.25, 0.3) is 0 Å². The molecule has 3 atom stereocenters. The van der Waals surface area contributed by atoms with Crippen LogP contribution in [0.2, 0.25) is 0 Å². The summed E-state index contributed by atoms with van der Waals surface area (Å²) in [6, 6.07) is 0.488. The third-order valence-corrected chi connectivity index (χ3v) is 5.54. The van der Waals surface area contributed by atoms with Crippen molar-refractivity contribution in [3.05, 3.63) is 0 Å². The molecule has 0 radical (unpaired) electrons. The maximum atomic E-state index is 5.98. The number of aliphatic imine (C=N–C) groups is 1. The summed E-state index contributed by atoms with van der Waals surface area (Å²) in [4.78, 5) is 12.2. The van der Waals surface area contributed by atoms with Gasteiger partial charge in [0.15, 0.2) is 5.96 Å². The van der Waals surface area contributed by atoms with Crippen LogP contribution in [0.3, 0.4) is 0 Å². The third kappa shape index (κ3) is 5.06. The Balaban J connectivity index is 1.60. The highest BCUT2D eigenvalue weighted by Gasteiger charge is 2.32. The van der Waals surface area contributed by atoms with Gasteiger partial charge in [0.2, 0.25) is 0 Å². The fourth-order valence-corrected chi connectivity index (χ4v) is 3.90. The Bertz CT molecular complexity index is 441. The second kappa shape index (κ2) is 9.16. The zero-order valence-electron chi connectivity index (χ0n) is 16.1. The van der Waals surface area contributed by atoms with Crippen LogP contribution in [0.1, 0.15) is 19.8 Å². The smallest absolute Gasteiger partial charge is 0.194 e. The Morgan fingerprint density at radius 3 is 2.68 bits per heavy atom. The summed E-state index contributed by atoms with van der Waals surface area (Å²) in [5, 5.41) is 3.48. The van der Waals surface area contributed by atoms with Gasteiger partial charge >= 0.3 is 0 Å². The van der Waals surface area contributed by atoms with Gasteiger partial charge in [0, 0.05) is 51.9 Å². The molecule has 0 spiro atoms. The first kappa shape index (κ1) is 18.9. The SMILES string of the molecule is CCNC(=NCC1CN(C)CCN1C)N1CCOC(C2CCCO2)C1. The molecule has 3 unspecified atom stereocenters. The first-order valence-corrected chi connectivity index (χ1v) is 9.82. The van der Waals surface area contributed by atoms with Crippen LogP contribution >= 0.6 is 0 Å². The molecule has 0 bridgehead atoms. The molecule has 7 nitrogen and oxygen atoms in total. The van der Waals surface area contributed by atoms with Crippen molar-refractivity contribution in [2.75, 3.05) is 73.1 Å². The molecule has 0 aromatic carbocycles. The average Bonchev–Trinajstić information content (AvgIpc) is 3.16. The minimum absolute atomic E-state index is 0.170. The van der Waals surface area contributed by atoms with Crippen molar-refractivity contribution in [2.24, 2.45) is 4.99 Å². The van der Waals surface area contributed by atoms with Crippen molar-refractivity contribution in [1.82, 2.24) is 20.0 Å². The highest BCUT2D eigenvalue weighted by molar-refractivity contribution is 5.80. The number of rotatable bonds is 4. The van der Waals surface area contributed by atoms with E-state index in [1.165, 1.54) is 0 Å². The predicted octanol–water partition coefficient (Wildman–Crippen LogP) is 0.0775. The van der Waals surface area contributed by atoms with Crippen LogP contribution in [0, 0.1) is 0 Å². The Hall–Kier alpha value is -0.890. The molecule has 1 N–H and O–H groups in total. The highest BCUT2D eigenvalue weighted by atomic mass is 16.5. The zero-order chi connectivity index (χ0) is 17.6. The molecule has 144 valence electrons. The summed E-state index contributed by atoms with van der Waals surface area (Å²) >= 11 is 0. The maximum Gasteiger partial charge on any atom is 0.194 e. The molecule has 0 aromatic rings. The lowest BCUT2D eigenvalue weighted by molar-refractivity contribution is -0.0817. The van der Waals surface area contributed by atoms with E-state index >= 15 is 0 Å². The fraction of sp³-hybridized carbons (Fsp3) is 0.944. The van der Waals surface area contributed by atoms with Crippen molar-refractivity contribution in [2.45, 2.75) is 38.0 Å². The molecule has 3 aliphatic heterocycles. The number of hydrogen-bond donors (Lipinski definition) is 1. The number of nitrogens with zero attached hydrogens (tertiary/aromatic N) is 4. The molecule has 25 heavy (non-hydrogen) atoms. The third-order valence-electron chi connectivity index (χ3n) is 5.54. The standard InChI is InChI=1S/C18H35N5O2/c1-4-19-18(20-12-15-13-21(2)7-8-22(15)3)23-9-11-25-17(14-23)16-6-5-10-24-16/h15-17H,4-14H2,1-3H3,(H,19,20). The molecule has 3 aliphatic rings. The van der Waals surface area contributed by atoms with E-state index in [9.17, 15) is 0 Å². The van der Waals surface area contributed by atoms with Gasteiger partial charge in [0.1, 0.15) is 6.10 Å². The predicted molar refractivity (Wildman–Crippen MR) is 100 cm³/mol. The van der Waals surface area contributed by atoms with Crippen LogP contribution < -0.4 is 5.32 Å². The lowest BCUT2D eigenvalue weighted by atomic mass is 10.1. The number of ether oxygens (including phenoxy) is 2. The van der Waals surface area contributed by atoms with Crippen LogP contribution in [-0.2, 0) is 9.47 Å². The average molecular weight is 354 g/mol. The molecule has 7 heteroatoms. The van der Waals surface area contributed by atoms with Gasteiger partial charge in [-0.1, -0.05) is 0 Å². The Labute approximate surface area is 152 Å². The minimum atomic E-state index is 0.170. The van der Waals surface area contributed by atoms with E-state index in [-0.39, 0.29) is 12.2 Å². The van der Waals surface area contributed by atoms with Crippen LogP contribution in [0.15, 0.2) is 4.99 Å². The lowest BCUT2D eigenvalue weighted by Crippen LogP contribution is -2.54. The van der Waals surface area contributed by atoms with Crippen molar-refractivity contribution in [3.8, 4) is 0 Å². The second-order valence-electron chi connectivity index (χ2n) is 7.50. The number of hydrogen-bond acceptors (Lipinski definition) is 5. The zero-order valence-corrected chi connectivity index (χ0v) is 16.1. The van der Waals surface area contributed by atoms with Crippen molar-refractivity contribution in [3.63, 3.8) is 0 Å². The monoisotopic (exact) mass is 353 g/mol.